The monoisotopic (exact) mass is 362 g/mol. The molecular formula is C17H12Cl2N2OS. The van der Waals surface area contributed by atoms with Crippen molar-refractivity contribution >= 4 is 40.9 Å². The Bertz CT molecular complexity index is 778. The van der Waals surface area contributed by atoms with Gasteiger partial charge in [-0.15, -0.1) is 0 Å². The van der Waals surface area contributed by atoms with Gasteiger partial charge < -0.3 is 5.32 Å². The van der Waals surface area contributed by atoms with Gasteiger partial charge >= 0.3 is 0 Å². The van der Waals surface area contributed by atoms with Gasteiger partial charge in [0.2, 0.25) is 0 Å². The number of thioether (sulfide) groups is 1. The number of carbonyl (C=O) groups excluding carboxylic acids is 1. The number of nitrogens with one attached hydrogen (secondary N) is 1. The van der Waals surface area contributed by atoms with E-state index in [-0.39, 0.29) is 16.0 Å². The topological polar surface area (TPSA) is 52.9 Å². The van der Waals surface area contributed by atoms with Crippen LogP contribution < -0.4 is 5.32 Å². The molecule has 1 amide bonds. The predicted octanol–water partition coefficient (Wildman–Crippen LogP) is 5.10. The van der Waals surface area contributed by atoms with E-state index in [0.717, 1.165) is 10.5 Å². The minimum Gasteiger partial charge on any atom is -0.311 e. The predicted molar refractivity (Wildman–Crippen MR) is 94.4 cm³/mol. The van der Waals surface area contributed by atoms with Gasteiger partial charge in [0, 0.05) is 15.5 Å². The average molecular weight is 363 g/mol. The molecular weight excluding hydrogens is 351 g/mol. The number of hydrogen-bond acceptors (Lipinski definition) is 3. The SMILES string of the molecule is Cc1ccc(C(=O)N/C(C#N)=C(\Cl)Sc2ccc(Cl)cc2)cc1. The summed E-state index contributed by atoms with van der Waals surface area (Å²) in [7, 11) is 0. The quantitative estimate of drug-likeness (QED) is 0.607. The number of carbonyl (C=O) groups is 1. The Kier molecular flexibility index (Phi) is 6.12. The van der Waals surface area contributed by atoms with Gasteiger partial charge in [-0.1, -0.05) is 52.7 Å². The van der Waals surface area contributed by atoms with Crippen LogP contribution in [0.4, 0.5) is 0 Å². The van der Waals surface area contributed by atoms with Gasteiger partial charge in [-0.2, -0.15) is 5.26 Å². The minimum absolute atomic E-state index is 0.0113. The highest BCUT2D eigenvalue weighted by molar-refractivity contribution is 8.04. The van der Waals surface area contributed by atoms with E-state index in [4.69, 9.17) is 23.2 Å². The molecule has 0 saturated carbocycles. The van der Waals surface area contributed by atoms with Crippen LogP contribution in [-0.2, 0) is 0 Å². The third kappa shape index (κ3) is 5.04. The van der Waals surface area contributed by atoms with Gasteiger partial charge in [0.25, 0.3) is 5.91 Å². The smallest absolute Gasteiger partial charge is 0.256 e. The van der Waals surface area contributed by atoms with Crippen molar-refractivity contribution in [2.75, 3.05) is 0 Å². The van der Waals surface area contributed by atoms with Gasteiger partial charge in [0.05, 0.1) is 0 Å². The number of aryl methyl sites for hydroxylation is 1. The first-order valence-corrected chi connectivity index (χ1v) is 8.18. The van der Waals surface area contributed by atoms with E-state index in [9.17, 15) is 10.1 Å². The van der Waals surface area contributed by atoms with Crippen molar-refractivity contribution in [2.24, 2.45) is 0 Å². The highest BCUT2D eigenvalue weighted by atomic mass is 35.5. The largest absolute Gasteiger partial charge is 0.311 e. The lowest BCUT2D eigenvalue weighted by molar-refractivity contribution is 0.0967. The van der Waals surface area contributed by atoms with Crippen molar-refractivity contribution in [3.63, 3.8) is 0 Å². The van der Waals surface area contributed by atoms with Crippen molar-refractivity contribution in [3.05, 3.63) is 74.7 Å². The molecule has 0 spiro atoms. The van der Waals surface area contributed by atoms with E-state index >= 15 is 0 Å². The highest BCUT2D eigenvalue weighted by Gasteiger charge is 2.12. The molecule has 0 saturated heterocycles. The van der Waals surface area contributed by atoms with Gasteiger partial charge in [-0.25, -0.2) is 0 Å². The summed E-state index contributed by atoms with van der Waals surface area (Å²) in [5.41, 5.74) is 1.52. The molecule has 0 aromatic heterocycles. The number of rotatable bonds is 4. The number of nitriles is 1. The second kappa shape index (κ2) is 8.07. The zero-order valence-corrected chi connectivity index (χ0v) is 14.5. The highest BCUT2D eigenvalue weighted by Crippen LogP contribution is 2.31. The second-order valence-electron chi connectivity index (χ2n) is 4.64. The fourth-order valence-corrected chi connectivity index (χ4v) is 2.83. The number of nitrogens with zero attached hydrogens (tertiary/aromatic N) is 1. The maximum absolute atomic E-state index is 12.1. The Balaban J connectivity index is 2.14. The standard InChI is InChI=1S/C17H12Cl2N2OS/c1-11-2-4-12(5-3-11)17(22)21-15(10-20)16(19)23-14-8-6-13(18)7-9-14/h2-9H,1H3,(H,21,22)/b16-15+. The summed E-state index contributed by atoms with van der Waals surface area (Å²) in [5.74, 6) is -0.378. The van der Waals surface area contributed by atoms with Gasteiger partial charge in [0.1, 0.15) is 16.1 Å². The number of hydrogen-bond donors (Lipinski definition) is 1. The minimum atomic E-state index is -0.378. The molecule has 23 heavy (non-hydrogen) atoms. The molecule has 6 heteroatoms. The summed E-state index contributed by atoms with van der Waals surface area (Å²) in [6.07, 6.45) is 0. The summed E-state index contributed by atoms with van der Waals surface area (Å²) in [6.45, 7) is 1.93. The van der Waals surface area contributed by atoms with Gasteiger partial charge in [0.15, 0.2) is 0 Å². The van der Waals surface area contributed by atoms with E-state index in [1.54, 1.807) is 36.4 Å². The van der Waals surface area contributed by atoms with Crippen LogP contribution in [0.3, 0.4) is 0 Å². The summed E-state index contributed by atoms with van der Waals surface area (Å²) in [6, 6.07) is 16.0. The Hall–Kier alpha value is -1.93. The molecule has 0 atom stereocenters. The normalized spacial score (nSPS) is 11.4. The Morgan fingerprint density at radius 3 is 2.30 bits per heavy atom. The fourth-order valence-electron chi connectivity index (χ4n) is 1.67. The van der Waals surface area contributed by atoms with Crippen LogP contribution in [0.2, 0.25) is 5.02 Å². The van der Waals surface area contributed by atoms with Crippen LogP contribution in [0.15, 0.2) is 63.5 Å². The second-order valence-corrected chi connectivity index (χ2v) is 6.76. The molecule has 2 aromatic carbocycles. The van der Waals surface area contributed by atoms with E-state index < -0.39 is 0 Å². The molecule has 2 aromatic rings. The van der Waals surface area contributed by atoms with Crippen molar-refractivity contribution in [3.8, 4) is 6.07 Å². The first-order valence-electron chi connectivity index (χ1n) is 6.61. The van der Waals surface area contributed by atoms with E-state index in [2.05, 4.69) is 5.32 Å². The van der Waals surface area contributed by atoms with Crippen LogP contribution in [0, 0.1) is 18.3 Å². The molecule has 0 aliphatic rings. The molecule has 0 heterocycles. The zero-order chi connectivity index (χ0) is 16.8. The van der Waals surface area contributed by atoms with Crippen LogP contribution >= 0.6 is 35.0 Å². The van der Waals surface area contributed by atoms with E-state index in [0.29, 0.717) is 10.6 Å². The lowest BCUT2D eigenvalue weighted by atomic mass is 10.1. The molecule has 3 nitrogen and oxygen atoms in total. The molecule has 0 radical (unpaired) electrons. The third-order valence-electron chi connectivity index (χ3n) is 2.88. The van der Waals surface area contributed by atoms with Crippen molar-refractivity contribution in [1.29, 1.82) is 5.26 Å². The van der Waals surface area contributed by atoms with Crippen LogP contribution in [0.1, 0.15) is 15.9 Å². The summed E-state index contributed by atoms with van der Waals surface area (Å²) in [4.78, 5) is 13.0. The molecule has 0 fully saturated rings. The number of benzene rings is 2. The van der Waals surface area contributed by atoms with Crippen LogP contribution in [0.5, 0.6) is 0 Å². The van der Waals surface area contributed by atoms with Gasteiger partial charge in [-0.3, -0.25) is 4.79 Å². The molecule has 116 valence electrons. The maximum atomic E-state index is 12.1. The van der Waals surface area contributed by atoms with Crippen molar-refractivity contribution in [1.82, 2.24) is 5.32 Å². The Morgan fingerprint density at radius 1 is 1.13 bits per heavy atom. The molecule has 0 unspecified atom stereocenters. The molecule has 0 aliphatic carbocycles. The van der Waals surface area contributed by atoms with Crippen LogP contribution in [-0.4, -0.2) is 5.91 Å². The Labute approximate surface area is 148 Å². The molecule has 0 bridgehead atoms. The lowest BCUT2D eigenvalue weighted by Gasteiger charge is -2.07. The average Bonchev–Trinajstić information content (AvgIpc) is 2.55. The molecule has 2 rings (SSSR count). The van der Waals surface area contributed by atoms with E-state index in [1.807, 2.05) is 25.1 Å². The van der Waals surface area contributed by atoms with Gasteiger partial charge in [-0.05, 0) is 43.3 Å². The lowest BCUT2D eigenvalue weighted by Crippen LogP contribution is -2.22. The van der Waals surface area contributed by atoms with E-state index in [1.165, 1.54) is 11.8 Å². The zero-order valence-electron chi connectivity index (χ0n) is 12.1. The Morgan fingerprint density at radius 2 is 1.74 bits per heavy atom. The number of amides is 1. The molecule has 0 aliphatic heterocycles. The number of halogens is 2. The first-order chi connectivity index (χ1) is 11.0. The first kappa shape index (κ1) is 17.4. The van der Waals surface area contributed by atoms with Crippen LogP contribution in [0.25, 0.3) is 0 Å². The third-order valence-corrected chi connectivity index (χ3v) is 4.45. The number of allylic oxidation sites excluding steroid dienone is 1. The van der Waals surface area contributed by atoms with Crippen molar-refractivity contribution < 1.29 is 4.79 Å². The summed E-state index contributed by atoms with van der Waals surface area (Å²) >= 11 is 13.1. The maximum Gasteiger partial charge on any atom is 0.256 e. The summed E-state index contributed by atoms with van der Waals surface area (Å²) in [5, 5.41) is 12.4. The summed E-state index contributed by atoms with van der Waals surface area (Å²) < 4.78 is 0.190. The molecule has 1 N–H and O–H groups in total. The van der Waals surface area contributed by atoms with Crippen molar-refractivity contribution in [2.45, 2.75) is 11.8 Å². The fraction of sp³-hybridized carbons (Fsp3) is 0.0588.